The molecule has 15 aromatic carbocycles. The molecular formula is C102H81BN4. The van der Waals surface area contributed by atoms with Gasteiger partial charge >= 0.3 is 0 Å². The van der Waals surface area contributed by atoms with Crippen molar-refractivity contribution >= 4 is 139 Å². The Hall–Kier alpha value is -12.4. The summed E-state index contributed by atoms with van der Waals surface area (Å²) in [6.07, 6.45) is 0. The maximum absolute atomic E-state index is 9.64. The van der Waals surface area contributed by atoms with Crippen LogP contribution in [-0.2, 0) is 16.2 Å². The van der Waals surface area contributed by atoms with Gasteiger partial charge in [0.25, 0.3) is 6.71 Å². The highest BCUT2D eigenvalue weighted by Gasteiger charge is 2.47. The largest absolute Gasteiger partial charge is 0.311 e. The first kappa shape index (κ1) is 58.9. The fourth-order valence-electron chi connectivity index (χ4n) is 17.7. The fraction of sp³-hybridized carbons (Fsp3) is 0.118. The Bertz CT molecular complexity index is 6900. The van der Waals surface area contributed by atoms with Crippen LogP contribution < -0.4 is 26.2 Å². The van der Waals surface area contributed by atoms with E-state index in [2.05, 4.69) is 372 Å². The van der Waals surface area contributed by atoms with Gasteiger partial charge in [-0.15, -0.1) is 0 Å². The van der Waals surface area contributed by atoms with Crippen molar-refractivity contribution < 1.29 is 6.85 Å². The van der Waals surface area contributed by atoms with E-state index in [0.717, 1.165) is 160 Å². The molecule has 18 aromatic rings. The molecule has 0 saturated heterocycles. The van der Waals surface area contributed by atoms with Gasteiger partial charge in [0.2, 0.25) is 0 Å². The first-order chi connectivity index (χ1) is 54.1. The summed E-state index contributed by atoms with van der Waals surface area (Å²) in [6, 6.07) is 109. The maximum Gasteiger partial charge on any atom is 0.252 e. The van der Waals surface area contributed by atoms with Gasteiger partial charge in [0.05, 0.1) is 45.8 Å². The Morgan fingerprint density at radius 1 is 0.290 bits per heavy atom. The summed E-state index contributed by atoms with van der Waals surface area (Å²) >= 11 is 0. The lowest BCUT2D eigenvalue weighted by molar-refractivity contribution is 0.590. The summed E-state index contributed by atoms with van der Waals surface area (Å²) in [5.74, 6) is 0. The number of nitrogens with zero attached hydrogens (tertiary/aromatic N) is 4. The van der Waals surface area contributed by atoms with Crippen molar-refractivity contribution in [2.45, 2.75) is 78.6 Å². The van der Waals surface area contributed by atoms with Crippen LogP contribution in [0.4, 0.5) is 34.1 Å². The summed E-state index contributed by atoms with van der Waals surface area (Å²) in [6.45, 7) is 20.3. The number of rotatable bonds is 7. The highest BCUT2D eigenvalue weighted by molar-refractivity contribution is 7.00. The van der Waals surface area contributed by atoms with Gasteiger partial charge in [-0.2, -0.15) is 0 Å². The summed E-state index contributed by atoms with van der Waals surface area (Å²) < 4.78 is 51.5. The van der Waals surface area contributed by atoms with Gasteiger partial charge in [-0.3, -0.25) is 0 Å². The van der Waals surface area contributed by atoms with Crippen LogP contribution in [0.25, 0.3) is 132 Å². The lowest BCUT2D eigenvalue weighted by Gasteiger charge is -2.45. The molecule has 0 fully saturated rings. The molecule has 2 aliphatic rings. The second-order valence-corrected chi connectivity index (χ2v) is 32.4. The number of anilines is 6. The Kier molecular flexibility index (Phi) is 13.2. The molecule has 0 saturated carbocycles. The molecule has 5 heteroatoms. The molecule has 0 radical (unpaired) electrons. The van der Waals surface area contributed by atoms with Gasteiger partial charge in [-0.25, -0.2) is 0 Å². The molecule has 0 amide bonds. The minimum absolute atomic E-state index is 0.118. The molecule has 4 nitrogen and oxygen atoms in total. The molecule has 0 N–H and O–H groups in total. The summed E-state index contributed by atoms with van der Waals surface area (Å²) in [7, 11) is 0. The van der Waals surface area contributed by atoms with E-state index in [0.29, 0.717) is 5.56 Å². The standard InChI is InChI=1S/C102H81BN4/c1-100(2,3)70-48-55-89-84(58-70)85-59-71(101(4,5)6)49-56-90(85)105(89)74-52-54-87-92(62-74)107(98-82(67-33-18-12-19-34-67)60-72(102(7,8)9)61-83(98)68-35-20-13-21-36-68)99-95-81-43-28-42-80-78-40-25-23-38-76(78)75-37-22-24-39-77(75)79-41-26-27-44-88(79)106(97(80)81)93(95)63-94-96(99)103(87)86-53-47-69(65-31-16-11-17-32-65)57-91(86)104(94)73-50-45-66(46-51-73)64-29-14-10-15-30-64/h10-63H,1-9H3/i11D,16D,17D,31D,32D. The highest BCUT2D eigenvalue weighted by Crippen LogP contribution is 2.56. The van der Waals surface area contributed by atoms with Crippen molar-refractivity contribution in [1.29, 1.82) is 0 Å². The Labute approximate surface area is 633 Å². The molecule has 0 spiro atoms. The molecule has 0 bridgehead atoms. The third kappa shape index (κ3) is 10.1. The van der Waals surface area contributed by atoms with Crippen molar-refractivity contribution in [3.63, 3.8) is 0 Å². The van der Waals surface area contributed by atoms with Crippen molar-refractivity contribution in [2.24, 2.45) is 0 Å². The van der Waals surface area contributed by atoms with Gasteiger partial charge < -0.3 is 18.8 Å². The van der Waals surface area contributed by atoms with Gasteiger partial charge in [-0.05, 0) is 183 Å². The van der Waals surface area contributed by atoms with Crippen molar-refractivity contribution in [3.8, 4) is 50.2 Å². The van der Waals surface area contributed by atoms with Crippen LogP contribution in [0.1, 0.15) is 85.9 Å². The van der Waals surface area contributed by atoms with Crippen molar-refractivity contribution in [1.82, 2.24) is 8.97 Å². The summed E-state index contributed by atoms with van der Waals surface area (Å²) in [5.41, 5.74) is 25.5. The zero-order chi connectivity index (χ0) is 76.7. The SMILES string of the molecule is [2H]c1c([2H])c([2H])c(-c2ccc3c(c2)N(c2ccc(-c4ccccc4)cc2)c2cc4c(c5c2B3c2ccc(-n3c6ccc(C(C)(C)C)cc6c6cc(C(C)(C)C)ccc63)cc2N5c2c(-c3ccccc3)cc(C(C)(C)C)cc2-c2ccccc2)c2cccc3c5ccccc5c5ccccc5c5ccccc5n4c32)c([2H])c1[2H]. The average molecular weight is 1380 g/mol. The lowest BCUT2D eigenvalue weighted by atomic mass is 9.33. The Balaban J connectivity index is 1.04. The van der Waals surface area contributed by atoms with Crippen LogP contribution in [0.15, 0.2) is 327 Å². The van der Waals surface area contributed by atoms with Gasteiger partial charge in [0.15, 0.2) is 0 Å². The zero-order valence-corrected chi connectivity index (χ0v) is 61.7. The quantitative estimate of drug-likeness (QED) is 0.148. The van der Waals surface area contributed by atoms with Gasteiger partial charge in [0, 0.05) is 71.9 Å². The first-order valence-corrected chi connectivity index (χ1v) is 37.5. The van der Waals surface area contributed by atoms with E-state index in [1.54, 1.807) is 0 Å². The lowest BCUT2D eigenvalue weighted by Crippen LogP contribution is -2.61. The Morgan fingerprint density at radius 2 is 0.757 bits per heavy atom. The smallest absolute Gasteiger partial charge is 0.252 e. The number of hydrogen-bond acceptors (Lipinski definition) is 2. The van der Waals surface area contributed by atoms with E-state index < -0.39 is 12.8 Å². The van der Waals surface area contributed by atoms with E-state index in [1.165, 1.54) is 27.5 Å². The molecule has 2 aliphatic heterocycles. The minimum atomic E-state index is -0.477. The molecule has 512 valence electrons. The van der Waals surface area contributed by atoms with Crippen LogP contribution in [0.3, 0.4) is 0 Å². The highest BCUT2D eigenvalue weighted by atomic mass is 15.2. The minimum Gasteiger partial charge on any atom is -0.311 e. The molecule has 0 atom stereocenters. The number of fused-ring (bicyclic) bond motifs is 18. The molecule has 3 aromatic heterocycles. The van der Waals surface area contributed by atoms with E-state index >= 15 is 0 Å². The number of benzene rings is 15. The van der Waals surface area contributed by atoms with E-state index in [1.807, 2.05) is 6.07 Å². The molecule has 0 unspecified atom stereocenters. The van der Waals surface area contributed by atoms with Crippen molar-refractivity contribution in [2.75, 3.05) is 9.80 Å². The molecule has 20 rings (SSSR count). The summed E-state index contributed by atoms with van der Waals surface area (Å²) in [5, 5.41) is 11.3. The third-order valence-electron chi connectivity index (χ3n) is 23.0. The second kappa shape index (κ2) is 24.1. The van der Waals surface area contributed by atoms with Gasteiger partial charge in [0.1, 0.15) is 0 Å². The maximum atomic E-state index is 9.64. The number of para-hydroxylation sites is 2. The van der Waals surface area contributed by atoms with Crippen LogP contribution in [0, 0.1) is 0 Å². The topological polar surface area (TPSA) is 15.8 Å². The first-order valence-electron chi connectivity index (χ1n) is 40.0. The molecule has 107 heavy (non-hydrogen) atoms. The van der Waals surface area contributed by atoms with E-state index in [9.17, 15) is 2.74 Å². The van der Waals surface area contributed by atoms with Crippen LogP contribution >= 0.6 is 0 Å². The predicted octanol–water partition coefficient (Wildman–Crippen LogP) is 26.0. The van der Waals surface area contributed by atoms with Crippen LogP contribution in [0.5, 0.6) is 0 Å². The van der Waals surface area contributed by atoms with Crippen LogP contribution in [-0.4, -0.2) is 15.7 Å². The van der Waals surface area contributed by atoms with Crippen LogP contribution in [0.2, 0.25) is 0 Å². The molecular weight excluding hydrogens is 1290 g/mol. The average Bonchev–Trinajstić information content (AvgIpc) is 1.44. The Morgan fingerprint density at radius 3 is 1.34 bits per heavy atom. The molecule has 5 heterocycles. The van der Waals surface area contributed by atoms with Crippen molar-refractivity contribution in [3.05, 3.63) is 344 Å². The van der Waals surface area contributed by atoms with E-state index in [4.69, 9.17) is 4.11 Å². The predicted molar refractivity (Wildman–Crippen MR) is 460 cm³/mol. The zero-order valence-electron chi connectivity index (χ0n) is 66.7. The monoisotopic (exact) mass is 1380 g/mol. The normalized spacial score (nSPS) is 13.7. The van der Waals surface area contributed by atoms with Gasteiger partial charge in [-0.1, -0.05) is 311 Å². The summed E-state index contributed by atoms with van der Waals surface area (Å²) in [4.78, 5) is 5.12. The second-order valence-electron chi connectivity index (χ2n) is 32.4. The number of hydrogen-bond donors (Lipinski definition) is 0. The number of aromatic nitrogens is 2. The molecule has 0 aliphatic carbocycles. The fourth-order valence-corrected chi connectivity index (χ4v) is 17.7. The third-order valence-corrected chi connectivity index (χ3v) is 23.0. The van der Waals surface area contributed by atoms with E-state index in [-0.39, 0.29) is 46.0 Å².